The van der Waals surface area contributed by atoms with Crippen LogP contribution in [0.25, 0.3) is 0 Å². The lowest BCUT2D eigenvalue weighted by Crippen LogP contribution is -2.07. The number of benzene rings is 2. The van der Waals surface area contributed by atoms with Crippen LogP contribution >= 0.6 is 0 Å². The maximum atomic E-state index is 11.5. The van der Waals surface area contributed by atoms with Crippen LogP contribution in [0.15, 0.2) is 48.5 Å². The average molecular weight is 394 g/mol. The minimum atomic E-state index is -0.509. The van der Waals surface area contributed by atoms with Crippen LogP contribution in [-0.2, 0) is 6.42 Å². The fourth-order valence-electron chi connectivity index (χ4n) is 2.54. The molecule has 0 aliphatic rings. The summed E-state index contributed by atoms with van der Waals surface area (Å²) >= 11 is 0. The molecule has 0 radical (unpaired) electrons. The summed E-state index contributed by atoms with van der Waals surface area (Å²) in [5.41, 5.74) is 1.16. The lowest BCUT2D eigenvalue weighted by atomic mass is 10.2. The number of nitrogens with one attached hydrogen (secondary N) is 1. The second-order valence-corrected chi connectivity index (χ2v) is 5.89. The molecule has 0 amide bonds. The van der Waals surface area contributed by atoms with Crippen molar-refractivity contribution in [3.05, 3.63) is 70.0 Å². The molecule has 0 fully saturated rings. The van der Waals surface area contributed by atoms with E-state index in [0.717, 1.165) is 0 Å². The molecule has 0 aliphatic carbocycles. The first-order valence-corrected chi connectivity index (χ1v) is 8.73. The van der Waals surface area contributed by atoms with Gasteiger partial charge in [-0.05, 0) is 36.8 Å². The second-order valence-electron chi connectivity index (χ2n) is 5.89. The first kappa shape index (κ1) is 19.7. The summed E-state index contributed by atoms with van der Waals surface area (Å²) in [5.74, 6) is 1.31. The number of carbonyl (C=O) groups excluding carboxylic acids is 1. The minimum Gasteiger partial charge on any atom is -0.497 e. The number of methoxy groups -OCH3 is 1. The molecule has 29 heavy (non-hydrogen) atoms. The van der Waals surface area contributed by atoms with Crippen molar-refractivity contribution >= 4 is 23.5 Å². The van der Waals surface area contributed by atoms with E-state index in [4.69, 9.17) is 9.47 Å². The Morgan fingerprint density at radius 3 is 2.52 bits per heavy atom. The molecule has 3 aromatic rings. The Bertz CT molecular complexity index is 1040. The van der Waals surface area contributed by atoms with Crippen LogP contribution in [0.2, 0.25) is 0 Å². The van der Waals surface area contributed by atoms with Crippen LogP contribution < -0.4 is 14.8 Å². The van der Waals surface area contributed by atoms with Gasteiger partial charge in [0.1, 0.15) is 22.9 Å². The number of anilines is 2. The first-order chi connectivity index (χ1) is 14.0. The predicted octanol–water partition coefficient (Wildman–Crippen LogP) is 4.30. The highest BCUT2D eigenvalue weighted by molar-refractivity contribution is 5.82. The van der Waals surface area contributed by atoms with Gasteiger partial charge in [0.25, 0.3) is 5.69 Å². The van der Waals surface area contributed by atoms with Crippen molar-refractivity contribution in [2.24, 2.45) is 0 Å². The highest BCUT2D eigenvalue weighted by Crippen LogP contribution is 2.29. The SMILES string of the molecule is CCc1nc(C=O)c(Nc2ccc(OC)cc2)nc1Oc1cccc([N+](=O)[O-])c1. The number of non-ortho nitro benzene ring substituents is 1. The highest BCUT2D eigenvalue weighted by atomic mass is 16.6. The first-order valence-electron chi connectivity index (χ1n) is 8.73. The molecule has 0 atom stereocenters. The fraction of sp³-hybridized carbons (Fsp3) is 0.150. The van der Waals surface area contributed by atoms with E-state index in [-0.39, 0.29) is 28.8 Å². The van der Waals surface area contributed by atoms with Gasteiger partial charge in [-0.3, -0.25) is 14.9 Å². The molecule has 1 heterocycles. The van der Waals surface area contributed by atoms with Gasteiger partial charge in [-0.15, -0.1) is 0 Å². The zero-order valence-corrected chi connectivity index (χ0v) is 15.8. The fourth-order valence-corrected chi connectivity index (χ4v) is 2.54. The number of nitro benzene ring substituents is 1. The molecule has 9 heteroatoms. The van der Waals surface area contributed by atoms with Crippen molar-refractivity contribution in [1.29, 1.82) is 0 Å². The molecular formula is C20H18N4O5. The van der Waals surface area contributed by atoms with Crippen molar-refractivity contribution < 1.29 is 19.2 Å². The monoisotopic (exact) mass is 394 g/mol. The lowest BCUT2D eigenvalue weighted by Gasteiger charge is -2.13. The van der Waals surface area contributed by atoms with Crippen molar-refractivity contribution in [3.63, 3.8) is 0 Å². The van der Waals surface area contributed by atoms with Crippen LogP contribution in [0, 0.1) is 10.1 Å². The number of aromatic nitrogens is 2. The number of aldehydes is 1. The van der Waals surface area contributed by atoms with Crippen molar-refractivity contribution in [2.75, 3.05) is 12.4 Å². The van der Waals surface area contributed by atoms with Crippen LogP contribution in [0.1, 0.15) is 23.1 Å². The van der Waals surface area contributed by atoms with Gasteiger partial charge >= 0.3 is 0 Å². The van der Waals surface area contributed by atoms with E-state index in [1.54, 1.807) is 37.4 Å². The van der Waals surface area contributed by atoms with E-state index in [9.17, 15) is 14.9 Å². The molecule has 0 aliphatic heterocycles. The average Bonchev–Trinajstić information content (AvgIpc) is 2.74. The highest BCUT2D eigenvalue weighted by Gasteiger charge is 2.16. The number of nitrogens with zero attached hydrogens (tertiary/aromatic N) is 3. The number of hydrogen-bond donors (Lipinski definition) is 1. The van der Waals surface area contributed by atoms with Crippen molar-refractivity contribution in [2.45, 2.75) is 13.3 Å². The molecule has 1 aromatic heterocycles. The van der Waals surface area contributed by atoms with E-state index in [2.05, 4.69) is 15.3 Å². The molecule has 148 valence electrons. The number of carbonyl (C=O) groups is 1. The third-order valence-corrected chi connectivity index (χ3v) is 4.00. The van der Waals surface area contributed by atoms with Gasteiger partial charge in [0, 0.05) is 11.8 Å². The van der Waals surface area contributed by atoms with Gasteiger partial charge < -0.3 is 14.8 Å². The number of nitro groups is 1. The number of rotatable bonds is 8. The summed E-state index contributed by atoms with van der Waals surface area (Å²) in [6.45, 7) is 1.84. The Hall–Kier alpha value is -4.01. The summed E-state index contributed by atoms with van der Waals surface area (Å²) in [6, 6.07) is 12.8. The van der Waals surface area contributed by atoms with Crippen LogP contribution in [0.4, 0.5) is 17.2 Å². The minimum absolute atomic E-state index is 0.102. The second kappa shape index (κ2) is 8.79. The molecule has 0 saturated heterocycles. The van der Waals surface area contributed by atoms with E-state index >= 15 is 0 Å². The van der Waals surface area contributed by atoms with Gasteiger partial charge in [-0.2, -0.15) is 4.98 Å². The summed E-state index contributed by atoms with van der Waals surface area (Å²) in [4.78, 5) is 30.7. The third kappa shape index (κ3) is 4.64. The molecule has 0 saturated carbocycles. The van der Waals surface area contributed by atoms with Crippen LogP contribution in [-0.4, -0.2) is 28.3 Å². The summed E-state index contributed by atoms with van der Waals surface area (Å²) < 4.78 is 10.9. The molecule has 9 nitrogen and oxygen atoms in total. The Morgan fingerprint density at radius 1 is 1.14 bits per heavy atom. The molecule has 2 aromatic carbocycles. The molecular weight excluding hydrogens is 376 g/mol. The smallest absolute Gasteiger partial charge is 0.273 e. The van der Waals surface area contributed by atoms with Crippen LogP contribution in [0.3, 0.4) is 0 Å². The summed E-state index contributed by atoms with van der Waals surface area (Å²) in [5, 5.41) is 14.0. The molecule has 0 bridgehead atoms. The number of aryl methyl sites for hydroxylation is 1. The Labute approximate surface area is 166 Å². The van der Waals surface area contributed by atoms with E-state index in [0.29, 0.717) is 29.8 Å². The normalized spacial score (nSPS) is 10.3. The third-order valence-electron chi connectivity index (χ3n) is 4.00. The number of ether oxygens (including phenoxy) is 2. The Morgan fingerprint density at radius 2 is 1.90 bits per heavy atom. The summed E-state index contributed by atoms with van der Waals surface area (Å²) in [6.07, 6.45) is 1.07. The van der Waals surface area contributed by atoms with Gasteiger partial charge in [-0.1, -0.05) is 13.0 Å². The maximum Gasteiger partial charge on any atom is 0.273 e. The van der Waals surface area contributed by atoms with Crippen molar-refractivity contribution in [1.82, 2.24) is 9.97 Å². The summed E-state index contributed by atoms with van der Waals surface area (Å²) in [7, 11) is 1.57. The van der Waals surface area contributed by atoms with Gasteiger partial charge in [-0.25, -0.2) is 4.98 Å². The van der Waals surface area contributed by atoms with Gasteiger partial charge in [0.05, 0.1) is 18.1 Å². The predicted molar refractivity (Wildman–Crippen MR) is 106 cm³/mol. The quantitative estimate of drug-likeness (QED) is 0.341. The van der Waals surface area contributed by atoms with E-state index in [1.807, 2.05) is 6.92 Å². The topological polar surface area (TPSA) is 116 Å². The zero-order chi connectivity index (χ0) is 20.8. The van der Waals surface area contributed by atoms with E-state index < -0.39 is 4.92 Å². The van der Waals surface area contributed by atoms with Gasteiger partial charge in [0.15, 0.2) is 12.1 Å². The maximum absolute atomic E-state index is 11.5. The molecule has 1 N–H and O–H groups in total. The lowest BCUT2D eigenvalue weighted by molar-refractivity contribution is -0.384. The Balaban J connectivity index is 1.95. The number of hydrogen-bond acceptors (Lipinski definition) is 8. The largest absolute Gasteiger partial charge is 0.497 e. The molecule has 0 spiro atoms. The van der Waals surface area contributed by atoms with Gasteiger partial charge in [0.2, 0.25) is 5.88 Å². The van der Waals surface area contributed by atoms with Crippen molar-refractivity contribution in [3.8, 4) is 17.4 Å². The molecule has 3 rings (SSSR count). The van der Waals surface area contributed by atoms with E-state index in [1.165, 1.54) is 18.2 Å². The Kier molecular flexibility index (Phi) is 5.98. The van der Waals surface area contributed by atoms with Crippen LogP contribution in [0.5, 0.6) is 17.4 Å². The molecule has 0 unspecified atom stereocenters. The zero-order valence-electron chi connectivity index (χ0n) is 15.8. The standard InChI is InChI=1S/C20H18N4O5/c1-3-17-20(29-16-6-4-5-14(11-16)24(26)27)23-19(18(12-25)22-17)21-13-7-9-15(28-2)10-8-13/h4-12H,3H2,1-2H3,(H,21,23).